The van der Waals surface area contributed by atoms with Gasteiger partial charge in [0, 0.05) is 25.4 Å². The summed E-state index contributed by atoms with van der Waals surface area (Å²) in [5.74, 6) is 1.81. The molecule has 0 aliphatic rings. The fraction of sp³-hybridized carbons (Fsp3) is 0.278. The lowest BCUT2D eigenvalue weighted by atomic mass is 10.1. The van der Waals surface area contributed by atoms with Gasteiger partial charge in [-0.3, -0.25) is 4.40 Å². The Morgan fingerprint density at radius 2 is 1.87 bits per heavy atom. The van der Waals surface area contributed by atoms with E-state index in [1.54, 1.807) is 14.2 Å². The molecule has 2 aromatic heterocycles. The van der Waals surface area contributed by atoms with Crippen LogP contribution in [0.4, 0.5) is 5.82 Å². The SMILES string of the molecule is COCCNc1c(-c2ccc(OC)cc2)nc2ccc(C)cn12. The zero-order valence-corrected chi connectivity index (χ0v) is 13.7. The number of aryl methyl sites for hydroxylation is 1. The summed E-state index contributed by atoms with van der Waals surface area (Å²) in [4.78, 5) is 4.78. The number of hydrogen-bond acceptors (Lipinski definition) is 4. The fourth-order valence-corrected chi connectivity index (χ4v) is 2.54. The van der Waals surface area contributed by atoms with Crippen LogP contribution in [0.25, 0.3) is 16.9 Å². The monoisotopic (exact) mass is 311 g/mol. The molecule has 3 rings (SSSR count). The average Bonchev–Trinajstić information content (AvgIpc) is 2.93. The molecule has 5 nitrogen and oxygen atoms in total. The smallest absolute Gasteiger partial charge is 0.139 e. The lowest BCUT2D eigenvalue weighted by molar-refractivity contribution is 0.210. The Bertz CT molecular complexity index is 794. The first-order valence-corrected chi connectivity index (χ1v) is 7.59. The molecular weight excluding hydrogens is 290 g/mol. The summed E-state index contributed by atoms with van der Waals surface area (Å²) >= 11 is 0. The molecule has 0 fully saturated rings. The van der Waals surface area contributed by atoms with Gasteiger partial charge in [0.25, 0.3) is 0 Å². The van der Waals surface area contributed by atoms with Crippen molar-refractivity contribution >= 4 is 11.5 Å². The number of imidazole rings is 1. The van der Waals surface area contributed by atoms with E-state index in [1.807, 2.05) is 30.3 Å². The van der Waals surface area contributed by atoms with Gasteiger partial charge >= 0.3 is 0 Å². The zero-order valence-electron chi connectivity index (χ0n) is 13.7. The van der Waals surface area contributed by atoms with E-state index in [0.29, 0.717) is 6.61 Å². The molecule has 0 atom stereocenters. The highest BCUT2D eigenvalue weighted by Gasteiger charge is 2.14. The molecule has 5 heteroatoms. The van der Waals surface area contributed by atoms with Crippen molar-refractivity contribution in [2.45, 2.75) is 6.92 Å². The second kappa shape index (κ2) is 6.71. The third-order valence-electron chi connectivity index (χ3n) is 3.73. The topological polar surface area (TPSA) is 47.8 Å². The van der Waals surface area contributed by atoms with Gasteiger partial charge in [0.2, 0.25) is 0 Å². The van der Waals surface area contributed by atoms with Crippen molar-refractivity contribution in [3.05, 3.63) is 48.2 Å². The summed E-state index contributed by atoms with van der Waals surface area (Å²) in [5, 5.41) is 3.44. The second-order valence-corrected chi connectivity index (χ2v) is 5.39. The van der Waals surface area contributed by atoms with Crippen LogP contribution in [0.5, 0.6) is 5.75 Å². The minimum absolute atomic E-state index is 0.640. The van der Waals surface area contributed by atoms with Crippen LogP contribution >= 0.6 is 0 Å². The van der Waals surface area contributed by atoms with Crippen molar-refractivity contribution in [2.75, 3.05) is 32.7 Å². The number of hydrogen-bond donors (Lipinski definition) is 1. The van der Waals surface area contributed by atoms with E-state index >= 15 is 0 Å². The second-order valence-electron chi connectivity index (χ2n) is 5.39. The molecule has 0 aliphatic heterocycles. The molecule has 120 valence electrons. The van der Waals surface area contributed by atoms with Gasteiger partial charge in [-0.05, 0) is 42.8 Å². The number of nitrogens with zero attached hydrogens (tertiary/aromatic N) is 2. The van der Waals surface area contributed by atoms with Crippen molar-refractivity contribution in [3.8, 4) is 17.0 Å². The summed E-state index contributed by atoms with van der Waals surface area (Å²) in [5.41, 5.74) is 4.08. The normalized spacial score (nSPS) is 10.9. The Balaban J connectivity index is 2.07. The Labute approximate surface area is 135 Å². The van der Waals surface area contributed by atoms with Crippen LogP contribution in [0.15, 0.2) is 42.6 Å². The number of ether oxygens (including phenoxy) is 2. The van der Waals surface area contributed by atoms with Crippen molar-refractivity contribution < 1.29 is 9.47 Å². The lowest BCUT2D eigenvalue weighted by Crippen LogP contribution is -2.10. The predicted octanol–water partition coefficient (Wildman–Crippen LogP) is 3.38. The molecule has 2 heterocycles. The third kappa shape index (κ3) is 3.14. The maximum absolute atomic E-state index is 5.23. The first-order valence-electron chi connectivity index (χ1n) is 7.59. The molecule has 0 amide bonds. The van der Waals surface area contributed by atoms with E-state index in [2.05, 4.69) is 28.9 Å². The number of fused-ring (bicyclic) bond motifs is 1. The zero-order chi connectivity index (χ0) is 16.2. The third-order valence-corrected chi connectivity index (χ3v) is 3.73. The standard InChI is InChI=1S/C18H21N3O2/c1-13-4-9-16-20-17(14-5-7-15(23-3)8-6-14)18(21(16)12-13)19-10-11-22-2/h4-9,12,19H,10-11H2,1-3H3. The molecule has 0 radical (unpaired) electrons. The number of methoxy groups -OCH3 is 2. The molecule has 0 spiro atoms. The van der Waals surface area contributed by atoms with E-state index in [9.17, 15) is 0 Å². The number of benzene rings is 1. The highest BCUT2D eigenvalue weighted by Crippen LogP contribution is 2.30. The van der Waals surface area contributed by atoms with Crippen LogP contribution in [-0.4, -0.2) is 36.8 Å². The van der Waals surface area contributed by atoms with Gasteiger partial charge in [-0.2, -0.15) is 0 Å². The molecule has 3 aromatic rings. The van der Waals surface area contributed by atoms with Gasteiger partial charge in [0.05, 0.1) is 13.7 Å². The minimum Gasteiger partial charge on any atom is -0.497 e. The number of aromatic nitrogens is 2. The van der Waals surface area contributed by atoms with Crippen molar-refractivity contribution in [1.29, 1.82) is 0 Å². The molecule has 0 unspecified atom stereocenters. The van der Waals surface area contributed by atoms with Crippen LogP contribution < -0.4 is 10.1 Å². The Hall–Kier alpha value is -2.53. The summed E-state index contributed by atoms with van der Waals surface area (Å²) in [7, 11) is 3.37. The van der Waals surface area contributed by atoms with Gasteiger partial charge in [-0.1, -0.05) is 6.07 Å². The number of rotatable bonds is 6. The van der Waals surface area contributed by atoms with Gasteiger partial charge in [-0.25, -0.2) is 4.98 Å². The van der Waals surface area contributed by atoms with Gasteiger partial charge in [0.15, 0.2) is 0 Å². The summed E-state index contributed by atoms with van der Waals surface area (Å²) in [6.45, 7) is 3.44. The van der Waals surface area contributed by atoms with Crippen LogP contribution in [0.3, 0.4) is 0 Å². The predicted molar refractivity (Wildman–Crippen MR) is 92.3 cm³/mol. The first-order chi connectivity index (χ1) is 11.2. The maximum atomic E-state index is 5.23. The maximum Gasteiger partial charge on any atom is 0.139 e. The molecular formula is C18H21N3O2. The summed E-state index contributed by atoms with van der Waals surface area (Å²) < 4.78 is 12.5. The van der Waals surface area contributed by atoms with Crippen LogP contribution in [0.1, 0.15) is 5.56 Å². The first kappa shape index (κ1) is 15.4. The van der Waals surface area contributed by atoms with Crippen molar-refractivity contribution in [3.63, 3.8) is 0 Å². The van der Waals surface area contributed by atoms with E-state index in [0.717, 1.165) is 35.0 Å². The fourth-order valence-electron chi connectivity index (χ4n) is 2.54. The number of pyridine rings is 1. The highest BCUT2D eigenvalue weighted by molar-refractivity contribution is 5.76. The van der Waals surface area contributed by atoms with E-state index in [4.69, 9.17) is 14.5 Å². The number of anilines is 1. The largest absolute Gasteiger partial charge is 0.497 e. The minimum atomic E-state index is 0.640. The van der Waals surface area contributed by atoms with Crippen LogP contribution in [-0.2, 0) is 4.74 Å². The van der Waals surface area contributed by atoms with Gasteiger partial charge in [0.1, 0.15) is 22.9 Å². The van der Waals surface area contributed by atoms with Crippen molar-refractivity contribution in [1.82, 2.24) is 9.38 Å². The van der Waals surface area contributed by atoms with E-state index in [1.165, 1.54) is 5.56 Å². The van der Waals surface area contributed by atoms with E-state index < -0.39 is 0 Å². The van der Waals surface area contributed by atoms with Crippen LogP contribution in [0.2, 0.25) is 0 Å². The van der Waals surface area contributed by atoms with Gasteiger partial charge in [-0.15, -0.1) is 0 Å². The summed E-state index contributed by atoms with van der Waals surface area (Å²) in [6.07, 6.45) is 2.09. The van der Waals surface area contributed by atoms with Crippen LogP contribution in [0, 0.1) is 6.92 Å². The average molecular weight is 311 g/mol. The molecule has 0 bridgehead atoms. The van der Waals surface area contributed by atoms with Crippen molar-refractivity contribution in [2.24, 2.45) is 0 Å². The molecule has 0 saturated carbocycles. The van der Waals surface area contributed by atoms with E-state index in [-0.39, 0.29) is 0 Å². The molecule has 1 aromatic carbocycles. The molecule has 0 aliphatic carbocycles. The van der Waals surface area contributed by atoms with Gasteiger partial charge < -0.3 is 14.8 Å². The quantitative estimate of drug-likeness (QED) is 0.709. The lowest BCUT2D eigenvalue weighted by Gasteiger charge is -2.09. The molecule has 1 N–H and O–H groups in total. The summed E-state index contributed by atoms with van der Waals surface area (Å²) in [6, 6.07) is 12.0. The Morgan fingerprint density at radius 3 is 2.57 bits per heavy atom. The highest BCUT2D eigenvalue weighted by atomic mass is 16.5. The Kier molecular flexibility index (Phi) is 4.48. The molecule has 23 heavy (non-hydrogen) atoms. The number of nitrogens with one attached hydrogen (secondary N) is 1. The Morgan fingerprint density at radius 1 is 1.09 bits per heavy atom. The molecule has 0 saturated heterocycles.